The molecule has 3 nitrogen and oxygen atoms in total. The van der Waals surface area contributed by atoms with E-state index >= 15 is 0 Å². The van der Waals surface area contributed by atoms with E-state index in [1.54, 1.807) is 6.08 Å². The second-order valence-electron chi connectivity index (χ2n) is 3.98. The summed E-state index contributed by atoms with van der Waals surface area (Å²) in [6.07, 6.45) is 1.69. The third-order valence-electron chi connectivity index (χ3n) is 2.68. The van der Waals surface area contributed by atoms with Crippen LogP contribution in [0.3, 0.4) is 0 Å². The maximum atomic E-state index is 5.80. The molecule has 0 saturated carbocycles. The highest BCUT2D eigenvalue weighted by molar-refractivity contribution is 5.74. The van der Waals surface area contributed by atoms with Crippen molar-refractivity contribution in [3.8, 4) is 0 Å². The predicted molar refractivity (Wildman–Crippen MR) is 68.2 cm³/mol. The lowest BCUT2D eigenvalue weighted by atomic mass is 10.0. The summed E-state index contributed by atoms with van der Waals surface area (Å²) in [7, 11) is 0. The molecule has 2 atom stereocenters. The first-order chi connectivity index (χ1) is 8.31. The van der Waals surface area contributed by atoms with Crippen LogP contribution in [0.4, 0.5) is 0 Å². The van der Waals surface area contributed by atoms with Gasteiger partial charge in [0.1, 0.15) is 18.8 Å². The molecule has 0 unspecified atom stereocenters. The minimum atomic E-state index is -0.0633. The van der Waals surface area contributed by atoms with Crippen LogP contribution in [0, 0.1) is 0 Å². The number of rotatable bonds is 5. The second-order valence-corrected chi connectivity index (χ2v) is 3.98. The maximum absolute atomic E-state index is 5.80. The first kappa shape index (κ1) is 11.9. The minimum Gasteiger partial charge on any atom is -0.479 e. The molecule has 17 heavy (non-hydrogen) atoms. The largest absolute Gasteiger partial charge is 0.479 e. The van der Waals surface area contributed by atoms with Gasteiger partial charge in [-0.25, -0.2) is 4.99 Å². The van der Waals surface area contributed by atoms with Crippen LogP contribution in [0.15, 0.2) is 48.0 Å². The Hall–Kier alpha value is -1.61. The van der Waals surface area contributed by atoms with E-state index in [1.165, 1.54) is 0 Å². The van der Waals surface area contributed by atoms with Gasteiger partial charge in [0, 0.05) is 6.92 Å². The molecule has 0 amide bonds. The van der Waals surface area contributed by atoms with E-state index < -0.39 is 0 Å². The van der Waals surface area contributed by atoms with Crippen LogP contribution >= 0.6 is 0 Å². The monoisotopic (exact) mass is 231 g/mol. The molecule has 0 spiro atoms. The summed E-state index contributed by atoms with van der Waals surface area (Å²) in [5.74, 6) is 0.734. The maximum Gasteiger partial charge on any atom is 0.180 e. The zero-order valence-corrected chi connectivity index (χ0v) is 10.0. The zero-order chi connectivity index (χ0) is 12.1. The summed E-state index contributed by atoms with van der Waals surface area (Å²) in [5.41, 5.74) is 1.13. The summed E-state index contributed by atoms with van der Waals surface area (Å²) in [6, 6.07) is 10.1. The van der Waals surface area contributed by atoms with Crippen molar-refractivity contribution in [2.45, 2.75) is 19.1 Å². The molecule has 1 aliphatic heterocycles. The highest BCUT2D eigenvalue weighted by Gasteiger charge is 2.27. The molecule has 0 radical (unpaired) electrons. The number of benzene rings is 1. The van der Waals surface area contributed by atoms with Gasteiger partial charge in [-0.05, 0) is 5.56 Å². The molecule has 1 heterocycles. The topological polar surface area (TPSA) is 30.8 Å². The van der Waals surface area contributed by atoms with Crippen LogP contribution in [0.25, 0.3) is 0 Å². The summed E-state index contributed by atoms with van der Waals surface area (Å²) in [5, 5.41) is 0. The lowest BCUT2D eigenvalue weighted by molar-refractivity contribution is 0.0474. The van der Waals surface area contributed by atoms with E-state index in [0.717, 1.165) is 11.5 Å². The summed E-state index contributed by atoms with van der Waals surface area (Å²) in [6.45, 7) is 6.65. The van der Waals surface area contributed by atoms with Crippen LogP contribution in [-0.4, -0.2) is 25.2 Å². The minimum absolute atomic E-state index is 0.0392. The zero-order valence-electron chi connectivity index (χ0n) is 10.0. The van der Waals surface area contributed by atoms with Crippen molar-refractivity contribution in [2.24, 2.45) is 4.99 Å². The van der Waals surface area contributed by atoms with Crippen LogP contribution in [-0.2, 0) is 9.47 Å². The molecule has 2 rings (SSSR count). The molecule has 0 aromatic heterocycles. The Balaban J connectivity index is 2.16. The standard InChI is InChI=1S/C14H17NO2/c1-3-9-16-14(12-7-5-4-6-8-12)13-10-17-11(2)15-13/h3-8,13-14H,1,9-10H2,2H3/t13-,14-/m0/s1. The Bertz CT molecular complexity index is 400. The van der Waals surface area contributed by atoms with Gasteiger partial charge in [-0.1, -0.05) is 36.4 Å². The van der Waals surface area contributed by atoms with E-state index in [4.69, 9.17) is 9.47 Å². The molecule has 0 N–H and O–H groups in total. The van der Waals surface area contributed by atoms with Gasteiger partial charge in [-0.2, -0.15) is 0 Å². The van der Waals surface area contributed by atoms with Gasteiger partial charge in [0.05, 0.1) is 6.61 Å². The van der Waals surface area contributed by atoms with Gasteiger partial charge in [0.2, 0.25) is 0 Å². The SMILES string of the molecule is C=CCO[C@@H](c1ccccc1)[C@@H]1COC(C)=N1. The summed E-state index contributed by atoms with van der Waals surface area (Å²) < 4.78 is 11.2. The van der Waals surface area contributed by atoms with E-state index in [-0.39, 0.29) is 12.1 Å². The Morgan fingerprint density at radius 1 is 1.53 bits per heavy atom. The molecule has 1 aliphatic rings. The highest BCUT2D eigenvalue weighted by atomic mass is 16.5. The summed E-state index contributed by atoms with van der Waals surface area (Å²) in [4.78, 5) is 4.45. The molecule has 0 saturated heterocycles. The van der Waals surface area contributed by atoms with E-state index in [9.17, 15) is 0 Å². The smallest absolute Gasteiger partial charge is 0.180 e. The number of nitrogens with zero attached hydrogens (tertiary/aromatic N) is 1. The van der Waals surface area contributed by atoms with E-state index in [2.05, 4.69) is 23.7 Å². The molecule has 3 heteroatoms. The van der Waals surface area contributed by atoms with Crippen molar-refractivity contribution in [3.05, 3.63) is 48.6 Å². The fourth-order valence-corrected chi connectivity index (χ4v) is 1.91. The van der Waals surface area contributed by atoms with E-state index in [0.29, 0.717) is 13.2 Å². The molecular formula is C14H17NO2. The lowest BCUT2D eigenvalue weighted by Crippen LogP contribution is -2.21. The van der Waals surface area contributed by atoms with Gasteiger partial charge in [0.15, 0.2) is 5.90 Å². The van der Waals surface area contributed by atoms with Crippen LogP contribution in [0.2, 0.25) is 0 Å². The molecule has 90 valence electrons. The van der Waals surface area contributed by atoms with Crippen LogP contribution in [0.5, 0.6) is 0 Å². The number of hydrogen-bond donors (Lipinski definition) is 0. The molecule has 0 fully saturated rings. The number of aliphatic imine (C=N–C) groups is 1. The predicted octanol–water partition coefficient (Wildman–Crippen LogP) is 2.75. The van der Waals surface area contributed by atoms with Gasteiger partial charge < -0.3 is 9.47 Å². The fraction of sp³-hybridized carbons (Fsp3) is 0.357. The first-order valence-electron chi connectivity index (χ1n) is 5.76. The van der Waals surface area contributed by atoms with Gasteiger partial charge >= 0.3 is 0 Å². The normalized spacial score (nSPS) is 20.5. The van der Waals surface area contributed by atoms with Gasteiger partial charge in [-0.3, -0.25) is 0 Å². The third kappa shape index (κ3) is 2.94. The van der Waals surface area contributed by atoms with Crippen LogP contribution in [0.1, 0.15) is 18.6 Å². The van der Waals surface area contributed by atoms with Crippen molar-refractivity contribution in [2.75, 3.05) is 13.2 Å². The fourth-order valence-electron chi connectivity index (χ4n) is 1.91. The molecule has 0 bridgehead atoms. The molecule has 0 aliphatic carbocycles. The van der Waals surface area contributed by atoms with Gasteiger partial charge in [-0.15, -0.1) is 6.58 Å². The van der Waals surface area contributed by atoms with Crippen LogP contribution < -0.4 is 0 Å². The third-order valence-corrected chi connectivity index (χ3v) is 2.68. The highest BCUT2D eigenvalue weighted by Crippen LogP contribution is 2.26. The van der Waals surface area contributed by atoms with E-state index in [1.807, 2.05) is 25.1 Å². The summed E-state index contributed by atoms with van der Waals surface area (Å²) >= 11 is 0. The number of hydrogen-bond acceptors (Lipinski definition) is 3. The Labute approximate surface area is 102 Å². The Morgan fingerprint density at radius 2 is 2.29 bits per heavy atom. The van der Waals surface area contributed by atoms with Crippen molar-refractivity contribution in [1.29, 1.82) is 0 Å². The lowest BCUT2D eigenvalue weighted by Gasteiger charge is -2.20. The second kappa shape index (κ2) is 5.64. The average Bonchev–Trinajstić information content (AvgIpc) is 2.78. The Morgan fingerprint density at radius 3 is 2.88 bits per heavy atom. The first-order valence-corrected chi connectivity index (χ1v) is 5.76. The van der Waals surface area contributed by atoms with Gasteiger partial charge in [0.25, 0.3) is 0 Å². The molecule has 1 aromatic rings. The quantitative estimate of drug-likeness (QED) is 0.729. The Kier molecular flexibility index (Phi) is 3.94. The van der Waals surface area contributed by atoms with Crippen molar-refractivity contribution in [3.63, 3.8) is 0 Å². The van der Waals surface area contributed by atoms with Crippen molar-refractivity contribution < 1.29 is 9.47 Å². The van der Waals surface area contributed by atoms with Crippen molar-refractivity contribution in [1.82, 2.24) is 0 Å². The average molecular weight is 231 g/mol. The van der Waals surface area contributed by atoms with Crippen molar-refractivity contribution >= 4 is 5.90 Å². The molecule has 1 aromatic carbocycles. The molecular weight excluding hydrogens is 214 g/mol. The number of ether oxygens (including phenoxy) is 2.